The van der Waals surface area contributed by atoms with Gasteiger partial charge in [-0.3, -0.25) is 0 Å². The molecule has 0 radical (unpaired) electrons. The quantitative estimate of drug-likeness (QED) is 0.267. The van der Waals surface area contributed by atoms with Crippen LogP contribution in [0.2, 0.25) is 0 Å². The molecule has 2 aliphatic rings. The second-order valence-electron chi connectivity index (χ2n) is 5.30. The summed E-state index contributed by atoms with van der Waals surface area (Å²) in [5, 5.41) is 2.57. The standard InChI is InChI=1S/C11H6BrS.C4H10N.2CH3.2ClH.H2Si.Zr/c12-10-6-8-5-7-3-1-2-4-9(7)11(8)13-10;1-4(2,3)5;;;;;;/h1-4,6,10H;5H,1-3H3;2*1H3;2*1H;1H2;/q4*-1;;;;. The molecule has 0 saturated carbocycles. The molecule has 1 aliphatic carbocycles. The number of hydrogen-bond donors (Lipinski definition) is 0. The third-order valence-electron chi connectivity index (χ3n) is 2.21. The van der Waals surface area contributed by atoms with E-state index >= 15 is 0 Å². The molecule has 7 heteroatoms. The van der Waals surface area contributed by atoms with E-state index in [2.05, 4.69) is 52.3 Å². The Kier molecular flexibility index (Phi) is 20.8. The molecule has 1 heterocycles. The van der Waals surface area contributed by atoms with Crippen molar-refractivity contribution in [2.45, 2.75) is 30.5 Å². The van der Waals surface area contributed by atoms with Crippen molar-refractivity contribution in [3.63, 3.8) is 0 Å². The number of fused-ring (bicyclic) bond motifs is 2. The second-order valence-corrected chi connectivity index (χ2v) is 8.04. The van der Waals surface area contributed by atoms with E-state index in [9.17, 15) is 0 Å². The van der Waals surface area contributed by atoms with Crippen molar-refractivity contribution in [2.75, 3.05) is 0 Å². The van der Waals surface area contributed by atoms with Crippen molar-refractivity contribution in [2.24, 2.45) is 0 Å². The van der Waals surface area contributed by atoms with Gasteiger partial charge in [-0.05, 0) is 0 Å². The molecule has 0 aromatic heterocycles. The molecule has 1 aromatic carbocycles. The minimum atomic E-state index is -0.250. The molecule has 0 saturated heterocycles. The number of thioether (sulfide) groups is 1. The normalized spacial score (nSPS) is 15.4. The van der Waals surface area contributed by atoms with Gasteiger partial charge >= 0.3 is 30.2 Å². The molecule has 1 aromatic rings. The van der Waals surface area contributed by atoms with Gasteiger partial charge in [0.1, 0.15) is 0 Å². The van der Waals surface area contributed by atoms with Crippen LogP contribution >= 0.6 is 52.5 Å². The Bertz CT molecular complexity index is 626. The summed E-state index contributed by atoms with van der Waals surface area (Å²) in [6.07, 6.45) is 5.61. The predicted octanol–water partition coefficient (Wildman–Crippen LogP) is 4.52. The van der Waals surface area contributed by atoms with Crippen LogP contribution in [0, 0.1) is 14.9 Å². The van der Waals surface area contributed by atoms with Gasteiger partial charge in [-0.2, -0.15) is 11.8 Å². The van der Waals surface area contributed by atoms with Gasteiger partial charge in [-0.25, -0.2) is 0 Å². The van der Waals surface area contributed by atoms with Crippen LogP contribution < -0.4 is 10.4 Å². The SMILES string of the molecule is BrC1C=C2[C-]=c3ccccc3=C2S1.CC(C)(C)[NH-].Cl.Cl.[CH3-].[CH3-].[SiH2]=[Zr]. The summed E-state index contributed by atoms with van der Waals surface area (Å²) in [6.45, 7) is 7.51. The molecular formula is C17H26BrCl2NSSiZr-4. The van der Waals surface area contributed by atoms with Crippen molar-refractivity contribution >= 4 is 70.4 Å². The van der Waals surface area contributed by atoms with E-state index in [4.69, 9.17) is 5.73 Å². The van der Waals surface area contributed by atoms with Crippen LogP contribution in [0.5, 0.6) is 0 Å². The number of nitrogens with one attached hydrogen (secondary N) is 1. The molecule has 1 aliphatic heterocycles. The number of hydrogen-bond acceptors (Lipinski definition) is 1. The second kappa shape index (κ2) is 15.2. The summed E-state index contributed by atoms with van der Waals surface area (Å²) in [5.74, 6) is 0. The first-order valence-electron chi connectivity index (χ1n) is 6.21. The van der Waals surface area contributed by atoms with E-state index in [-0.39, 0.29) is 45.2 Å². The zero-order chi connectivity index (χ0) is 15.3. The summed E-state index contributed by atoms with van der Waals surface area (Å²) in [7, 11) is 0. The van der Waals surface area contributed by atoms with Crippen LogP contribution in [-0.2, 0) is 23.3 Å². The molecular weight excluding hydrogens is 520 g/mol. The van der Waals surface area contributed by atoms with Gasteiger partial charge in [0.05, 0.1) is 0 Å². The summed E-state index contributed by atoms with van der Waals surface area (Å²) in [4.78, 5) is 1.37. The van der Waals surface area contributed by atoms with Crippen LogP contribution in [0.1, 0.15) is 20.8 Å². The van der Waals surface area contributed by atoms with Gasteiger partial charge in [0.25, 0.3) is 0 Å². The fourth-order valence-electron chi connectivity index (χ4n) is 1.66. The monoisotopic (exact) mass is 543 g/mol. The van der Waals surface area contributed by atoms with E-state index in [1.807, 2.05) is 39.4 Å². The Labute approximate surface area is 189 Å². The van der Waals surface area contributed by atoms with Gasteiger partial charge < -0.3 is 20.6 Å². The van der Waals surface area contributed by atoms with E-state index in [1.165, 1.54) is 20.9 Å². The van der Waals surface area contributed by atoms with E-state index in [0.717, 1.165) is 0 Å². The number of benzene rings is 1. The van der Waals surface area contributed by atoms with E-state index in [0.29, 0.717) is 4.16 Å². The van der Waals surface area contributed by atoms with Gasteiger partial charge in [-0.1, -0.05) is 59.8 Å². The fourth-order valence-corrected chi connectivity index (χ4v) is 3.46. The molecule has 1 nitrogen and oxygen atoms in total. The summed E-state index contributed by atoms with van der Waals surface area (Å²) in [5.41, 5.74) is 7.94. The third-order valence-corrected chi connectivity index (χ3v) is 4.08. The van der Waals surface area contributed by atoms with Crippen LogP contribution in [0.3, 0.4) is 0 Å². The van der Waals surface area contributed by atoms with Crippen LogP contribution in [0.4, 0.5) is 0 Å². The van der Waals surface area contributed by atoms with Crippen LogP contribution in [0.25, 0.3) is 16.7 Å². The minimum absolute atomic E-state index is 0. The number of alkyl halides is 1. The fraction of sp³-hybridized carbons (Fsp3) is 0.294. The predicted molar refractivity (Wildman–Crippen MR) is 121 cm³/mol. The molecule has 138 valence electrons. The van der Waals surface area contributed by atoms with Crippen molar-refractivity contribution in [3.05, 3.63) is 66.9 Å². The number of halogens is 3. The first-order chi connectivity index (χ1) is 9.34. The zero-order valence-corrected chi connectivity index (χ0v) is 22.7. The third kappa shape index (κ3) is 11.0. The van der Waals surface area contributed by atoms with Crippen molar-refractivity contribution < 1.29 is 23.3 Å². The number of rotatable bonds is 0. The molecule has 0 bridgehead atoms. The van der Waals surface area contributed by atoms with Gasteiger partial charge in [-0.15, -0.1) is 64.6 Å². The summed E-state index contributed by atoms with van der Waals surface area (Å²) >= 11 is 7.01. The maximum atomic E-state index is 6.94. The Balaban J connectivity index is -0.000000162. The van der Waals surface area contributed by atoms with Gasteiger partial charge in [0, 0.05) is 4.16 Å². The van der Waals surface area contributed by atoms with E-state index in [1.54, 1.807) is 23.3 Å². The van der Waals surface area contributed by atoms with Gasteiger partial charge in [0.15, 0.2) is 0 Å². The Morgan fingerprint density at radius 3 is 2.12 bits per heavy atom. The van der Waals surface area contributed by atoms with Crippen molar-refractivity contribution in [1.29, 1.82) is 0 Å². The first kappa shape index (κ1) is 32.8. The molecule has 0 fully saturated rings. The van der Waals surface area contributed by atoms with Crippen molar-refractivity contribution in [3.8, 4) is 0 Å². The van der Waals surface area contributed by atoms with Crippen LogP contribution in [-0.4, -0.2) is 16.6 Å². The average Bonchev–Trinajstić information content (AvgIpc) is 2.85. The average molecular weight is 547 g/mol. The maximum absolute atomic E-state index is 6.94. The Hall–Kier alpha value is 1.17. The molecule has 0 spiro atoms. The molecule has 1 unspecified atom stereocenters. The molecule has 0 amide bonds. The summed E-state index contributed by atoms with van der Waals surface area (Å²) in [6, 6.07) is 8.42. The molecule has 3 rings (SSSR count). The Morgan fingerprint density at radius 2 is 1.62 bits per heavy atom. The van der Waals surface area contributed by atoms with E-state index < -0.39 is 0 Å². The molecule has 1 N–H and O–H groups in total. The zero-order valence-electron chi connectivity index (χ0n) is 14.8. The Morgan fingerprint density at radius 1 is 1.17 bits per heavy atom. The molecule has 24 heavy (non-hydrogen) atoms. The van der Waals surface area contributed by atoms with Crippen molar-refractivity contribution in [1.82, 2.24) is 0 Å². The van der Waals surface area contributed by atoms with Gasteiger partial charge in [0.2, 0.25) is 0 Å². The summed E-state index contributed by atoms with van der Waals surface area (Å²) < 4.78 is 0.429. The first-order valence-corrected chi connectivity index (χ1v) is 13.9. The topological polar surface area (TPSA) is 23.8 Å². The van der Waals surface area contributed by atoms with Crippen LogP contribution in [0.15, 0.2) is 35.9 Å². The molecule has 1 atom stereocenters.